The summed E-state index contributed by atoms with van der Waals surface area (Å²) in [5.41, 5.74) is 2.78. The summed E-state index contributed by atoms with van der Waals surface area (Å²) in [4.78, 5) is 34.5. The Morgan fingerprint density at radius 3 is 2.48 bits per heavy atom. The van der Waals surface area contributed by atoms with Gasteiger partial charge in [-0.1, -0.05) is 0 Å². The van der Waals surface area contributed by atoms with Gasteiger partial charge in [0.1, 0.15) is 11.6 Å². The number of carbonyl (C=O) groups excluding carboxylic acids is 2. The maximum atomic E-state index is 13.6. The first-order valence-corrected chi connectivity index (χ1v) is 11.3. The molecule has 3 heterocycles. The van der Waals surface area contributed by atoms with Gasteiger partial charge in [-0.3, -0.25) is 9.59 Å². The number of likely N-dealkylation sites (tertiary alicyclic amines) is 1. The summed E-state index contributed by atoms with van der Waals surface area (Å²) in [5.74, 6) is -0.857. The van der Waals surface area contributed by atoms with Crippen molar-refractivity contribution in [3.63, 3.8) is 0 Å². The van der Waals surface area contributed by atoms with Crippen molar-refractivity contribution in [1.29, 1.82) is 0 Å². The first kappa shape index (κ1) is 21.4. The number of H-pyrrole nitrogens is 1. The summed E-state index contributed by atoms with van der Waals surface area (Å²) in [7, 11) is 0. The third kappa shape index (κ3) is 4.42. The summed E-state index contributed by atoms with van der Waals surface area (Å²) in [6.45, 7) is 3.46. The van der Waals surface area contributed by atoms with E-state index in [1.54, 1.807) is 23.1 Å². The number of amides is 2. The van der Waals surface area contributed by atoms with Gasteiger partial charge in [-0.05, 0) is 54.4 Å². The molecule has 2 amide bonds. The van der Waals surface area contributed by atoms with Crippen LogP contribution >= 0.6 is 0 Å². The van der Waals surface area contributed by atoms with E-state index < -0.39 is 0 Å². The van der Waals surface area contributed by atoms with Crippen molar-refractivity contribution in [3.8, 4) is 0 Å². The van der Waals surface area contributed by atoms with E-state index in [-0.39, 0.29) is 35.8 Å². The molecular weight excluding hydrogens is 426 g/mol. The number of benzene rings is 2. The van der Waals surface area contributed by atoms with Gasteiger partial charge in [0.15, 0.2) is 0 Å². The predicted molar refractivity (Wildman–Crippen MR) is 122 cm³/mol. The predicted octanol–water partition coefficient (Wildman–Crippen LogP) is 3.19. The summed E-state index contributed by atoms with van der Waals surface area (Å²) in [6, 6.07) is 11.0. The van der Waals surface area contributed by atoms with Crippen LogP contribution in [0, 0.1) is 17.6 Å². The van der Waals surface area contributed by atoms with E-state index in [1.807, 2.05) is 11.1 Å². The van der Waals surface area contributed by atoms with Gasteiger partial charge in [0.2, 0.25) is 11.8 Å². The Hall–Kier alpha value is -3.42. The van der Waals surface area contributed by atoms with Crippen LogP contribution in [0.2, 0.25) is 0 Å². The molecule has 0 radical (unpaired) electrons. The first-order chi connectivity index (χ1) is 16.0. The molecule has 2 aliphatic rings. The maximum absolute atomic E-state index is 13.6. The van der Waals surface area contributed by atoms with Crippen molar-refractivity contribution < 1.29 is 18.4 Å². The molecule has 5 rings (SSSR count). The quantitative estimate of drug-likeness (QED) is 0.647. The van der Waals surface area contributed by atoms with Crippen molar-refractivity contribution in [2.24, 2.45) is 5.92 Å². The second-order valence-corrected chi connectivity index (χ2v) is 8.78. The largest absolute Gasteiger partial charge is 0.368 e. The highest BCUT2D eigenvalue weighted by molar-refractivity contribution is 5.89. The van der Waals surface area contributed by atoms with Crippen LogP contribution in [-0.2, 0) is 16.0 Å². The Morgan fingerprint density at radius 2 is 1.73 bits per heavy atom. The number of rotatable bonds is 5. The molecule has 33 heavy (non-hydrogen) atoms. The minimum atomic E-state index is -0.324. The molecule has 1 atom stereocenters. The fraction of sp³-hybridized carbons (Fsp3) is 0.360. The number of piperazine rings is 1. The lowest BCUT2D eigenvalue weighted by Crippen LogP contribution is -2.50. The lowest BCUT2D eigenvalue weighted by Gasteiger charge is -2.37. The van der Waals surface area contributed by atoms with E-state index in [1.165, 1.54) is 24.3 Å². The molecule has 0 bridgehead atoms. The van der Waals surface area contributed by atoms with Gasteiger partial charge in [0.25, 0.3) is 0 Å². The van der Waals surface area contributed by atoms with Crippen LogP contribution < -0.4 is 4.90 Å². The number of hydrogen-bond acceptors (Lipinski definition) is 3. The highest BCUT2D eigenvalue weighted by atomic mass is 19.1. The molecule has 0 aliphatic carbocycles. The SMILES string of the molecule is O=C1C[C@@H](C(=O)N2CCN(c3ccc(F)cc3)CC2)CN1CCc1c[nH]c2ccc(F)cc12. The Morgan fingerprint density at radius 1 is 1.00 bits per heavy atom. The molecule has 0 spiro atoms. The molecule has 2 fully saturated rings. The minimum Gasteiger partial charge on any atom is -0.368 e. The van der Waals surface area contributed by atoms with Crippen LogP contribution in [0.5, 0.6) is 0 Å². The zero-order valence-electron chi connectivity index (χ0n) is 18.3. The number of nitrogens with one attached hydrogen (secondary N) is 1. The molecule has 0 saturated carbocycles. The van der Waals surface area contributed by atoms with Gasteiger partial charge >= 0.3 is 0 Å². The lowest BCUT2D eigenvalue weighted by atomic mass is 10.1. The zero-order valence-corrected chi connectivity index (χ0v) is 18.3. The third-order valence-electron chi connectivity index (χ3n) is 6.73. The molecule has 0 unspecified atom stereocenters. The van der Waals surface area contributed by atoms with E-state index in [0.717, 1.165) is 22.2 Å². The second kappa shape index (κ2) is 8.84. The number of fused-ring (bicyclic) bond motifs is 1. The van der Waals surface area contributed by atoms with Crippen LogP contribution in [0.15, 0.2) is 48.7 Å². The van der Waals surface area contributed by atoms with Crippen molar-refractivity contribution >= 4 is 28.4 Å². The van der Waals surface area contributed by atoms with E-state index in [0.29, 0.717) is 45.7 Å². The Balaban J connectivity index is 1.15. The normalized spacial score (nSPS) is 19.0. The van der Waals surface area contributed by atoms with Crippen LogP contribution in [0.4, 0.5) is 14.5 Å². The fourth-order valence-electron chi connectivity index (χ4n) is 4.86. The maximum Gasteiger partial charge on any atom is 0.228 e. The molecule has 6 nitrogen and oxygen atoms in total. The monoisotopic (exact) mass is 452 g/mol. The van der Waals surface area contributed by atoms with Crippen molar-refractivity contribution in [3.05, 3.63) is 65.9 Å². The van der Waals surface area contributed by atoms with Crippen LogP contribution in [0.25, 0.3) is 10.9 Å². The van der Waals surface area contributed by atoms with Gasteiger partial charge in [0.05, 0.1) is 5.92 Å². The molecule has 2 saturated heterocycles. The number of carbonyl (C=O) groups is 2. The fourth-order valence-corrected chi connectivity index (χ4v) is 4.86. The molecular formula is C25H26F2N4O2. The van der Waals surface area contributed by atoms with Crippen LogP contribution in [0.3, 0.4) is 0 Å². The van der Waals surface area contributed by atoms with E-state index in [4.69, 9.17) is 0 Å². The Bertz CT molecular complexity index is 1170. The Kier molecular flexibility index (Phi) is 5.74. The summed E-state index contributed by atoms with van der Waals surface area (Å²) in [5, 5.41) is 0.827. The number of anilines is 1. The average Bonchev–Trinajstić information content (AvgIpc) is 3.40. The molecule has 2 aliphatic heterocycles. The summed E-state index contributed by atoms with van der Waals surface area (Å²) < 4.78 is 26.8. The molecule has 3 aromatic rings. The molecule has 2 aromatic carbocycles. The first-order valence-electron chi connectivity index (χ1n) is 11.3. The highest BCUT2D eigenvalue weighted by Crippen LogP contribution is 2.25. The molecule has 172 valence electrons. The standard InChI is InChI=1S/C25H26F2N4O2/c26-19-1-4-21(5-2-19)29-9-11-30(12-10-29)25(33)18-13-24(32)31(16-18)8-7-17-15-28-23-6-3-20(27)14-22(17)23/h1-6,14-15,18,28H,7-13,16H2/t18-/m1/s1. The second-order valence-electron chi connectivity index (χ2n) is 8.78. The lowest BCUT2D eigenvalue weighted by molar-refractivity contribution is -0.136. The number of halogens is 2. The third-order valence-corrected chi connectivity index (χ3v) is 6.73. The minimum absolute atomic E-state index is 0.00989. The molecule has 1 aromatic heterocycles. The van der Waals surface area contributed by atoms with E-state index >= 15 is 0 Å². The van der Waals surface area contributed by atoms with Gasteiger partial charge in [-0.2, -0.15) is 0 Å². The van der Waals surface area contributed by atoms with Gasteiger partial charge < -0.3 is 19.7 Å². The molecule has 8 heteroatoms. The highest BCUT2D eigenvalue weighted by Gasteiger charge is 2.37. The summed E-state index contributed by atoms with van der Waals surface area (Å²) >= 11 is 0. The van der Waals surface area contributed by atoms with Crippen molar-refractivity contribution in [1.82, 2.24) is 14.8 Å². The topological polar surface area (TPSA) is 59.7 Å². The van der Waals surface area contributed by atoms with Crippen LogP contribution in [0.1, 0.15) is 12.0 Å². The zero-order chi connectivity index (χ0) is 22.9. The van der Waals surface area contributed by atoms with Gasteiger partial charge in [0, 0.05) is 68.5 Å². The number of nitrogens with zero attached hydrogens (tertiary/aromatic N) is 3. The number of aromatic nitrogens is 1. The van der Waals surface area contributed by atoms with Gasteiger partial charge in [-0.25, -0.2) is 8.78 Å². The average molecular weight is 453 g/mol. The molecule has 1 N–H and O–H groups in total. The summed E-state index contributed by atoms with van der Waals surface area (Å²) in [6.07, 6.45) is 2.69. The van der Waals surface area contributed by atoms with Crippen molar-refractivity contribution in [2.45, 2.75) is 12.8 Å². The number of aromatic amines is 1. The van der Waals surface area contributed by atoms with Crippen molar-refractivity contribution in [2.75, 3.05) is 44.2 Å². The van der Waals surface area contributed by atoms with E-state index in [2.05, 4.69) is 9.88 Å². The van der Waals surface area contributed by atoms with E-state index in [9.17, 15) is 18.4 Å². The van der Waals surface area contributed by atoms with Gasteiger partial charge in [-0.15, -0.1) is 0 Å². The Labute approximate surface area is 190 Å². The number of hydrogen-bond donors (Lipinski definition) is 1. The van der Waals surface area contributed by atoms with Crippen LogP contribution in [-0.4, -0.2) is 65.9 Å². The smallest absolute Gasteiger partial charge is 0.228 e.